The van der Waals surface area contributed by atoms with Gasteiger partial charge in [0.15, 0.2) is 5.82 Å². The van der Waals surface area contributed by atoms with Crippen LogP contribution in [0.2, 0.25) is 25.7 Å². The number of fused-ring (bicyclic) bond motifs is 2. The van der Waals surface area contributed by atoms with Gasteiger partial charge in [-0.05, 0) is 83.8 Å². The van der Waals surface area contributed by atoms with Crippen LogP contribution >= 0.6 is 0 Å². The summed E-state index contributed by atoms with van der Waals surface area (Å²) in [4.78, 5) is 4.97. The van der Waals surface area contributed by atoms with Crippen LogP contribution in [0, 0.1) is 18.3 Å². The number of benzene rings is 2. The fourth-order valence-electron chi connectivity index (χ4n) is 5.75. The lowest BCUT2D eigenvalue weighted by atomic mass is 9.98. The Morgan fingerprint density at radius 3 is 2.54 bits per heavy atom. The van der Waals surface area contributed by atoms with Crippen LogP contribution in [-0.4, -0.2) is 56.0 Å². The quantitative estimate of drug-likeness (QED) is 0.0952. The monoisotopic (exact) mass is 703 g/mol. The van der Waals surface area contributed by atoms with Gasteiger partial charge in [-0.3, -0.25) is 4.57 Å². The summed E-state index contributed by atoms with van der Waals surface area (Å²) in [5.74, 6) is 0.425. The molecule has 9 nitrogen and oxygen atoms in total. The number of nitriles is 1. The van der Waals surface area contributed by atoms with Crippen LogP contribution < -0.4 is 0 Å². The molecule has 4 aromatic rings. The summed E-state index contributed by atoms with van der Waals surface area (Å²) in [6.07, 6.45) is 7.61. The molecule has 0 saturated heterocycles. The number of hydrogen-bond donors (Lipinski definition) is 0. The average molecular weight is 704 g/mol. The zero-order valence-corrected chi connectivity index (χ0v) is 31.9. The van der Waals surface area contributed by atoms with Crippen LogP contribution in [0.3, 0.4) is 0 Å². The molecule has 12 heteroatoms. The van der Waals surface area contributed by atoms with E-state index in [1.165, 1.54) is 3.97 Å². The van der Waals surface area contributed by atoms with E-state index in [4.69, 9.17) is 14.1 Å². The number of nitrogens with zero attached hydrogens (tertiary/aromatic N) is 5. The van der Waals surface area contributed by atoms with Gasteiger partial charge in [0.25, 0.3) is 0 Å². The highest BCUT2D eigenvalue weighted by Crippen LogP contribution is 2.36. The van der Waals surface area contributed by atoms with Crippen molar-refractivity contribution in [3.05, 3.63) is 88.9 Å². The van der Waals surface area contributed by atoms with E-state index in [-0.39, 0.29) is 6.73 Å². The van der Waals surface area contributed by atoms with E-state index in [0.29, 0.717) is 52.1 Å². The minimum Gasteiger partial charge on any atom is -0.361 e. The van der Waals surface area contributed by atoms with E-state index in [1.807, 2.05) is 75.6 Å². The second kappa shape index (κ2) is 13.0. The Bertz CT molecular complexity index is 2170. The fourth-order valence-corrected chi connectivity index (χ4v) is 8.92. The molecular weight excluding hydrogens is 659 g/mol. The van der Waals surface area contributed by atoms with Crippen molar-refractivity contribution in [2.45, 2.75) is 89.9 Å². The maximum absolute atomic E-state index is 14.3. The van der Waals surface area contributed by atoms with Crippen molar-refractivity contribution < 1.29 is 17.4 Å². The van der Waals surface area contributed by atoms with Crippen molar-refractivity contribution in [3.8, 4) is 6.07 Å². The molecule has 0 N–H and O–H groups in total. The first kappa shape index (κ1) is 35.7. The Kier molecular flexibility index (Phi) is 9.66. The van der Waals surface area contributed by atoms with Gasteiger partial charge in [0.2, 0.25) is 10.0 Å². The fraction of sp³-hybridized carbons (Fsp3) is 0.417. The Morgan fingerprint density at radius 1 is 1.17 bits per heavy atom. The SMILES string of the molecule is CC1=CC(C)(S(=O)(=O)n2ccc3c(C(=NS(=O)C(C)(C)C)c4nc5cc(C#N)ccc5n4COCC[Si](C)(C)C)ccc(C)c32)CC=C1. The third-order valence-corrected chi connectivity index (χ3v) is 13.9. The number of imidazole rings is 1. The van der Waals surface area contributed by atoms with Crippen molar-refractivity contribution in [2.24, 2.45) is 4.40 Å². The van der Waals surface area contributed by atoms with Crippen molar-refractivity contribution in [2.75, 3.05) is 6.61 Å². The van der Waals surface area contributed by atoms with Gasteiger partial charge < -0.3 is 4.74 Å². The molecule has 5 rings (SSSR count). The highest BCUT2D eigenvalue weighted by molar-refractivity contribution is 7.91. The molecule has 2 aromatic heterocycles. The van der Waals surface area contributed by atoms with Crippen LogP contribution in [0.15, 0.2) is 70.8 Å². The minimum atomic E-state index is -3.90. The number of ether oxygens (including phenoxy) is 1. The number of rotatable bonds is 10. The summed E-state index contributed by atoms with van der Waals surface area (Å²) in [6, 6.07) is 14.0. The molecule has 1 aliphatic carbocycles. The summed E-state index contributed by atoms with van der Waals surface area (Å²) in [5, 5.41) is 10.3. The summed E-state index contributed by atoms with van der Waals surface area (Å²) < 4.78 is 55.0. The van der Waals surface area contributed by atoms with Gasteiger partial charge in [-0.15, -0.1) is 0 Å². The van der Waals surface area contributed by atoms with Crippen LogP contribution in [-0.2, 0) is 32.5 Å². The molecule has 48 heavy (non-hydrogen) atoms. The molecule has 2 atom stereocenters. The Morgan fingerprint density at radius 2 is 1.90 bits per heavy atom. The van der Waals surface area contributed by atoms with Crippen LogP contribution in [0.1, 0.15) is 63.6 Å². The third kappa shape index (κ3) is 6.92. The number of aryl methyl sites for hydroxylation is 1. The number of allylic oxidation sites excluding steroid dienone is 3. The average Bonchev–Trinajstić information content (AvgIpc) is 3.60. The van der Waals surface area contributed by atoms with E-state index in [2.05, 4.69) is 25.7 Å². The molecule has 0 bridgehead atoms. The van der Waals surface area contributed by atoms with Gasteiger partial charge in [-0.1, -0.05) is 55.6 Å². The molecule has 2 unspecified atom stereocenters. The maximum atomic E-state index is 14.3. The molecule has 254 valence electrons. The van der Waals surface area contributed by atoms with E-state index >= 15 is 0 Å². The van der Waals surface area contributed by atoms with Crippen molar-refractivity contribution in [1.82, 2.24) is 13.5 Å². The minimum absolute atomic E-state index is 0.172. The molecule has 0 saturated carbocycles. The van der Waals surface area contributed by atoms with Gasteiger partial charge in [0.05, 0.1) is 32.9 Å². The first-order valence-electron chi connectivity index (χ1n) is 16.1. The molecule has 1 aliphatic rings. The van der Waals surface area contributed by atoms with Gasteiger partial charge in [-0.2, -0.15) is 9.66 Å². The molecule has 2 aromatic carbocycles. The highest BCUT2D eigenvalue weighted by atomic mass is 32.2. The predicted octanol–water partition coefficient (Wildman–Crippen LogP) is 7.63. The van der Waals surface area contributed by atoms with Gasteiger partial charge >= 0.3 is 0 Å². The lowest BCUT2D eigenvalue weighted by molar-refractivity contribution is 0.0895. The van der Waals surface area contributed by atoms with Crippen LogP contribution in [0.4, 0.5) is 0 Å². The number of aromatic nitrogens is 3. The standard InChI is InChI=1S/C36H45N5O4S2Si/c1-25-11-10-17-36(6,22-25)47(43,44)41-18-16-29-28(14-12-26(2)33(29)41)32(39-46(42)35(3,4)5)34-38-30-21-27(23-37)13-15-31(30)40(34)24-45-19-20-48(7,8)9/h10-16,18,21-22H,17,19-20,24H2,1-9H3. The van der Waals surface area contributed by atoms with Crippen LogP contribution in [0.25, 0.3) is 21.9 Å². The lowest BCUT2D eigenvalue weighted by Gasteiger charge is -2.28. The summed E-state index contributed by atoms with van der Waals surface area (Å²) in [6.45, 7) is 18.7. The summed E-state index contributed by atoms with van der Waals surface area (Å²) >= 11 is 0. The molecule has 0 spiro atoms. The lowest BCUT2D eigenvalue weighted by Crippen LogP contribution is -2.38. The largest absolute Gasteiger partial charge is 0.361 e. The zero-order valence-electron chi connectivity index (χ0n) is 29.3. The summed E-state index contributed by atoms with van der Waals surface area (Å²) in [7, 11) is -6.94. The zero-order chi connectivity index (χ0) is 35.2. The topological polar surface area (TPSA) is 119 Å². The Labute approximate surface area is 287 Å². The predicted molar refractivity (Wildman–Crippen MR) is 199 cm³/mol. The van der Waals surface area contributed by atoms with Crippen molar-refractivity contribution in [3.63, 3.8) is 0 Å². The number of hydrogen-bond acceptors (Lipinski definition) is 6. The van der Waals surface area contributed by atoms with E-state index in [1.54, 1.807) is 31.3 Å². The molecule has 0 aliphatic heterocycles. The van der Waals surface area contributed by atoms with E-state index in [0.717, 1.165) is 22.7 Å². The molecule has 0 fully saturated rings. The molecule has 0 radical (unpaired) electrons. The van der Waals surface area contributed by atoms with Crippen LogP contribution in [0.5, 0.6) is 0 Å². The first-order chi connectivity index (χ1) is 22.4. The van der Waals surface area contributed by atoms with E-state index in [9.17, 15) is 17.9 Å². The Hall–Kier alpha value is -3.63. The second-order valence-corrected chi connectivity index (χ2v) is 24.7. The smallest absolute Gasteiger partial charge is 0.248 e. The molecular formula is C36H45N5O4S2Si. The van der Waals surface area contributed by atoms with Gasteiger partial charge in [-0.25, -0.2) is 21.6 Å². The van der Waals surface area contributed by atoms with Gasteiger partial charge in [0, 0.05) is 31.8 Å². The van der Waals surface area contributed by atoms with Crippen molar-refractivity contribution >= 4 is 56.7 Å². The normalized spacial score (nSPS) is 18.3. The maximum Gasteiger partial charge on any atom is 0.248 e. The third-order valence-electron chi connectivity index (χ3n) is 8.56. The molecule has 2 heterocycles. The van der Waals surface area contributed by atoms with Crippen molar-refractivity contribution in [1.29, 1.82) is 5.26 Å². The first-order valence-corrected chi connectivity index (χ1v) is 22.3. The highest BCUT2D eigenvalue weighted by Gasteiger charge is 2.40. The van der Waals surface area contributed by atoms with E-state index < -0.39 is 38.6 Å². The van der Waals surface area contributed by atoms with Gasteiger partial charge in [0.1, 0.15) is 28.2 Å². The molecule has 0 amide bonds. The second-order valence-electron chi connectivity index (χ2n) is 14.9. The Balaban J connectivity index is 1.76. The summed E-state index contributed by atoms with van der Waals surface area (Å²) in [5.41, 5.74) is 4.94.